The molecule has 3 heteroatoms. The summed E-state index contributed by atoms with van der Waals surface area (Å²) >= 11 is 0. The summed E-state index contributed by atoms with van der Waals surface area (Å²) in [5.74, 6) is -0.976. The first-order valence-corrected chi connectivity index (χ1v) is 4.60. The molecule has 1 unspecified atom stereocenters. The third-order valence-electron chi connectivity index (χ3n) is 1.88. The quantitative estimate of drug-likeness (QED) is 0.513. The number of nitrogens with zero attached hydrogens (tertiary/aromatic N) is 1. The molecule has 0 aliphatic heterocycles. The van der Waals surface area contributed by atoms with E-state index in [9.17, 15) is 4.79 Å². The number of ether oxygens (including phenoxy) is 1. The summed E-state index contributed by atoms with van der Waals surface area (Å²) in [6.45, 7) is 11.3. The SMILES string of the molecule is C=C(C(=O)OCC)C(C#N)C(C)(C)C. The second kappa shape index (κ2) is 4.80. The number of hydrogen-bond donors (Lipinski definition) is 0. The van der Waals surface area contributed by atoms with Crippen LogP contribution in [-0.2, 0) is 9.53 Å². The van der Waals surface area contributed by atoms with Crippen molar-refractivity contribution >= 4 is 5.97 Å². The minimum absolute atomic E-state index is 0.238. The molecule has 0 spiro atoms. The first kappa shape index (κ1) is 12.7. The molecule has 0 radical (unpaired) electrons. The van der Waals surface area contributed by atoms with E-state index in [0.29, 0.717) is 6.61 Å². The predicted molar refractivity (Wildman–Crippen MR) is 54.3 cm³/mol. The van der Waals surface area contributed by atoms with E-state index >= 15 is 0 Å². The Morgan fingerprint density at radius 1 is 1.57 bits per heavy atom. The van der Waals surface area contributed by atoms with Crippen LogP contribution in [0.5, 0.6) is 0 Å². The summed E-state index contributed by atoms with van der Waals surface area (Å²) in [5.41, 5.74) is -0.0552. The molecule has 14 heavy (non-hydrogen) atoms. The van der Waals surface area contributed by atoms with Gasteiger partial charge in [-0.1, -0.05) is 27.4 Å². The number of rotatable bonds is 3. The highest BCUT2D eigenvalue weighted by Crippen LogP contribution is 2.30. The van der Waals surface area contributed by atoms with Crippen molar-refractivity contribution in [3.8, 4) is 6.07 Å². The van der Waals surface area contributed by atoms with Crippen molar-refractivity contribution in [1.82, 2.24) is 0 Å². The maximum absolute atomic E-state index is 11.3. The van der Waals surface area contributed by atoms with Gasteiger partial charge in [0.2, 0.25) is 0 Å². The molecule has 0 amide bonds. The number of esters is 1. The lowest BCUT2D eigenvalue weighted by Gasteiger charge is -2.25. The molecule has 0 aliphatic rings. The molecule has 0 heterocycles. The van der Waals surface area contributed by atoms with E-state index in [1.807, 2.05) is 20.8 Å². The smallest absolute Gasteiger partial charge is 0.334 e. The largest absolute Gasteiger partial charge is 0.463 e. The van der Waals surface area contributed by atoms with Crippen molar-refractivity contribution in [3.63, 3.8) is 0 Å². The van der Waals surface area contributed by atoms with E-state index in [1.54, 1.807) is 6.92 Å². The Morgan fingerprint density at radius 2 is 2.07 bits per heavy atom. The molecule has 0 saturated carbocycles. The minimum Gasteiger partial charge on any atom is -0.463 e. The average molecular weight is 195 g/mol. The molecule has 78 valence electrons. The van der Waals surface area contributed by atoms with Gasteiger partial charge in [-0.3, -0.25) is 0 Å². The molecular formula is C11H17NO2. The van der Waals surface area contributed by atoms with E-state index in [4.69, 9.17) is 10.00 Å². The van der Waals surface area contributed by atoms with Crippen LogP contribution in [0, 0.1) is 22.7 Å². The summed E-state index contributed by atoms with van der Waals surface area (Å²) in [6.07, 6.45) is 0. The molecule has 0 aliphatic carbocycles. The average Bonchev–Trinajstić information content (AvgIpc) is 2.03. The Morgan fingerprint density at radius 3 is 2.36 bits per heavy atom. The number of carbonyl (C=O) groups excluding carboxylic acids is 1. The first-order valence-electron chi connectivity index (χ1n) is 4.60. The molecule has 0 rings (SSSR count). The van der Waals surface area contributed by atoms with Gasteiger partial charge < -0.3 is 4.74 Å². The standard InChI is InChI=1S/C11H17NO2/c1-6-14-10(13)8(2)9(7-12)11(3,4)5/h9H,2,6H2,1,3-5H3. The summed E-state index contributed by atoms with van der Waals surface area (Å²) in [7, 11) is 0. The zero-order valence-corrected chi connectivity index (χ0v) is 9.26. The lowest BCUT2D eigenvalue weighted by Crippen LogP contribution is -2.25. The van der Waals surface area contributed by atoms with Crippen LogP contribution in [0.4, 0.5) is 0 Å². The zero-order valence-electron chi connectivity index (χ0n) is 9.26. The molecular weight excluding hydrogens is 178 g/mol. The number of nitriles is 1. The Balaban J connectivity index is 4.67. The third-order valence-corrected chi connectivity index (χ3v) is 1.88. The molecule has 1 atom stereocenters. The van der Waals surface area contributed by atoms with E-state index in [0.717, 1.165) is 0 Å². The topological polar surface area (TPSA) is 50.1 Å². The zero-order chi connectivity index (χ0) is 11.4. The predicted octanol–water partition coefficient (Wildman–Crippen LogP) is 2.29. The van der Waals surface area contributed by atoms with Crippen molar-refractivity contribution in [3.05, 3.63) is 12.2 Å². The van der Waals surface area contributed by atoms with Gasteiger partial charge in [0.15, 0.2) is 0 Å². The van der Waals surface area contributed by atoms with Gasteiger partial charge in [-0.25, -0.2) is 4.79 Å². The molecule has 0 aromatic heterocycles. The second-order valence-electron chi connectivity index (χ2n) is 4.17. The van der Waals surface area contributed by atoms with Gasteiger partial charge >= 0.3 is 5.97 Å². The summed E-state index contributed by atoms with van der Waals surface area (Å²) < 4.78 is 4.79. The second-order valence-corrected chi connectivity index (χ2v) is 4.17. The van der Waals surface area contributed by atoms with Crippen LogP contribution in [0.2, 0.25) is 0 Å². The minimum atomic E-state index is -0.499. The Labute approximate surface area is 85.4 Å². The van der Waals surface area contributed by atoms with E-state index < -0.39 is 11.9 Å². The Hall–Kier alpha value is -1.30. The van der Waals surface area contributed by atoms with E-state index in [-0.39, 0.29) is 11.0 Å². The fraction of sp³-hybridized carbons (Fsp3) is 0.636. The van der Waals surface area contributed by atoms with Gasteiger partial charge in [-0.15, -0.1) is 0 Å². The normalized spacial score (nSPS) is 12.8. The summed E-state index contributed by atoms with van der Waals surface area (Å²) in [4.78, 5) is 11.3. The summed E-state index contributed by atoms with van der Waals surface area (Å²) in [6, 6.07) is 2.08. The maximum atomic E-state index is 11.3. The van der Waals surface area contributed by atoms with Crippen LogP contribution >= 0.6 is 0 Å². The maximum Gasteiger partial charge on any atom is 0.334 e. The molecule has 0 aromatic rings. The van der Waals surface area contributed by atoms with Crippen LogP contribution in [0.1, 0.15) is 27.7 Å². The van der Waals surface area contributed by atoms with Crippen molar-refractivity contribution < 1.29 is 9.53 Å². The fourth-order valence-corrected chi connectivity index (χ4v) is 1.14. The van der Waals surface area contributed by atoms with Crippen molar-refractivity contribution in [1.29, 1.82) is 5.26 Å². The van der Waals surface area contributed by atoms with Crippen LogP contribution < -0.4 is 0 Å². The highest BCUT2D eigenvalue weighted by molar-refractivity contribution is 5.89. The number of carbonyl (C=O) groups is 1. The van der Waals surface area contributed by atoms with Gasteiger partial charge in [-0.05, 0) is 12.3 Å². The molecule has 0 aromatic carbocycles. The first-order chi connectivity index (χ1) is 6.34. The van der Waals surface area contributed by atoms with Gasteiger partial charge in [-0.2, -0.15) is 5.26 Å². The molecule has 0 N–H and O–H groups in total. The Kier molecular flexibility index (Phi) is 4.36. The van der Waals surface area contributed by atoms with Crippen LogP contribution in [0.25, 0.3) is 0 Å². The highest BCUT2D eigenvalue weighted by atomic mass is 16.5. The van der Waals surface area contributed by atoms with Gasteiger partial charge in [0, 0.05) is 5.57 Å². The molecule has 0 fully saturated rings. The molecule has 0 saturated heterocycles. The van der Waals surface area contributed by atoms with Gasteiger partial charge in [0.25, 0.3) is 0 Å². The Bertz CT molecular complexity index is 268. The van der Waals surface area contributed by atoms with E-state index in [1.165, 1.54) is 0 Å². The van der Waals surface area contributed by atoms with E-state index in [2.05, 4.69) is 12.6 Å². The fourth-order valence-electron chi connectivity index (χ4n) is 1.14. The third kappa shape index (κ3) is 3.21. The lowest BCUT2D eigenvalue weighted by atomic mass is 9.77. The van der Waals surface area contributed by atoms with Crippen molar-refractivity contribution in [2.45, 2.75) is 27.7 Å². The molecule has 0 bridgehead atoms. The summed E-state index contributed by atoms with van der Waals surface area (Å²) in [5, 5.41) is 8.93. The molecule has 3 nitrogen and oxygen atoms in total. The van der Waals surface area contributed by atoms with Crippen LogP contribution in [0.3, 0.4) is 0 Å². The number of hydrogen-bond acceptors (Lipinski definition) is 3. The van der Waals surface area contributed by atoms with Crippen molar-refractivity contribution in [2.24, 2.45) is 11.3 Å². The van der Waals surface area contributed by atoms with Gasteiger partial charge in [0.1, 0.15) is 0 Å². The van der Waals surface area contributed by atoms with Crippen LogP contribution in [0.15, 0.2) is 12.2 Å². The highest BCUT2D eigenvalue weighted by Gasteiger charge is 2.31. The van der Waals surface area contributed by atoms with Crippen LogP contribution in [-0.4, -0.2) is 12.6 Å². The monoisotopic (exact) mass is 195 g/mol. The van der Waals surface area contributed by atoms with Gasteiger partial charge in [0.05, 0.1) is 18.6 Å². The van der Waals surface area contributed by atoms with Crippen molar-refractivity contribution in [2.75, 3.05) is 6.61 Å². The lowest BCUT2D eigenvalue weighted by molar-refractivity contribution is -0.139.